The molecule has 0 unspecified atom stereocenters. The molecule has 0 aromatic heterocycles. The number of nitrogens with one attached hydrogen (secondary N) is 1. The van der Waals surface area contributed by atoms with Crippen molar-refractivity contribution >= 4 is 17.5 Å². The molecule has 0 bridgehead atoms. The van der Waals surface area contributed by atoms with E-state index in [9.17, 15) is 4.79 Å². The minimum Gasteiger partial charge on any atom is -0.496 e. The summed E-state index contributed by atoms with van der Waals surface area (Å²) in [5.74, 6) is 0.614. The third-order valence-corrected chi connectivity index (χ3v) is 2.67. The van der Waals surface area contributed by atoms with Crippen LogP contribution in [0.25, 0.3) is 0 Å². The van der Waals surface area contributed by atoms with Crippen LogP contribution in [0.5, 0.6) is 5.75 Å². The molecule has 2 rings (SSSR count). The van der Waals surface area contributed by atoms with Gasteiger partial charge in [-0.15, -0.1) is 0 Å². The lowest BCUT2D eigenvalue weighted by Gasteiger charge is -2.24. The van der Waals surface area contributed by atoms with Gasteiger partial charge in [-0.1, -0.05) is 11.6 Å². The van der Waals surface area contributed by atoms with Gasteiger partial charge in [0, 0.05) is 17.1 Å². The van der Waals surface area contributed by atoms with Crippen LogP contribution in [0.1, 0.15) is 11.7 Å². The summed E-state index contributed by atoms with van der Waals surface area (Å²) in [5.41, 5.74) is 0.856. The van der Waals surface area contributed by atoms with Crippen LogP contribution in [0.15, 0.2) is 18.2 Å². The molecule has 4 nitrogen and oxygen atoms in total. The molecule has 86 valence electrons. The fraction of sp³-hybridized carbons (Fsp3) is 0.364. The summed E-state index contributed by atoms with van der Waals surface area (Å²) < 4.78 is 10.7. The molecule has 1 amide bonds. The Hall–Kier alpha value is -1.26. The maximum Gasteiger partial charge on any atom is 0.246 e. The first kappa shape index (κ1) is 11.2. The van der Waals surface area contributed by atoms with Crippen molar-refractivity contribution in [2.75, 3.05) is 20.3 Å². The second kappa shape index (κ2) is 4.72. The summed E-state index contributed by atoms with van der Waals surface area (Å²) in [6.07, 6.45) is -0.202. The zero-order valence-corrected chi connectivity index (χ0v) is 9.58. The summed E-state index contributed by atoms with van der Waals surface area (Å²) in [6.45, 7) is 0.510. The lowest BCUT2D eigenvalue weighted by atomic mass is 10.1. The Morgan fingerprint density at radius 2 is 2.38 bits per heavy atom. The van der Waals surface area contributed by atoms with Crippen LogP contribution in [0, 0.1) is 0 Å². The van der Waals surface area contributed by atoms with Gasteiger partial charge in [0.1, 0.15) is 18.5 Å². The molecule has 1 heterocycles. The number of hydrogen-bond donors (Lipinski definition) is 1. The van der Waals surface area contributed by atoms with E-state index in [2.05, 4.69) is 5.32 Å². The number of methoxy groups -OCH3 is 1. The topological polar surface area (TPSA) is 47.6 Å². The molecule has 1 aliphatic rings. The summed E-state index contributed by atoms with van der Waals surface area (Å²) in [5, 5.41) is 3.36. The standard InChI is InChI=1S/C11H12ClNO3/c1-15-9-3-2-7(12)4-8(9)10-5-13-11(14)6-16-10/h2-4,10H,5-6H2,1H3,(H,13,14)/t10-/m0/s1. The molecule has 0 aliphatic carbocycles. The van der Waals surface area contributed by atoms with Crippen LogP contribution in [0.2, 0.25) is 5.02 Å². The Kier molecular flexibility index (Phi) is 3.31. The average Bonchev–Trinajstić information content (AvgIpc) is 2.30. The molecule has 1 N–H and O–H groups in total. The van der Waals surface area contributed by atoms with E-state index in [-0.39, 0.29) is 18.6 Å². The predicted molar refractivity (Wildman–Crippen MR) is 59.7 cm³/mol. The molecule has 1 aromatic carbocycles. The lowest BCUT2D eigenvalue weighted by molar-refractivity contribution is -0.133. The molecule has 16 heavy (non-hydrogen) atoms. The fourth-order valence-electron chi connectivity index (χ4n) is 1.65. The van der Waals surface area contributed by atoms with Crippen molar-refractivity contribution in [3.63, 3.8) is 0 Å². The Balaban J connectivity index is 2.24. The number of halogens is 1. The first-order valence-electron chi connectivity index (χ1n) is 4.92. The van der Waals surface area contributed by atoms with Gasteiger partial charge in [0.15, 0.2) is 0 Å². The molecule has 1 atom stereocenters. The molecular formula is C11H12ClNO3. The van der Waals surface area contributed by atoms with Crippen LogP contribution < -0.4 is 10.1 Å². The summed E-state index contributed by atoms with van der Waals surface area (Å²) in [4.78, 5) is 11.0. The van der Waals surface area contributed by atoms with Crippen LogP contribution in [-0.4, -0.2) is 26.2 Å². The van der Waals surface area contributed by atoms with Gasteiger partial charge in [-0.05, 0) is 18.2 Å². The monoisotopic (exact) mass is 241 g/mol. The van der Waals surface area contributed by atoms with Gasteiger partial charge in [-0.3, -0.25) is 4.79 Å². The van der Waals surface area contributed by atoms with Crippen molar-refractivity contribution in [1.29, 1.82) is 0 Å². The smallest absolute Gasteiger partial charge is 0.246 e. The molecule has 0 radical (unpaired) electrons. The maximum atomic E-state index is 11.0. The van der Waals surface area contributed by atoms with E-state index in [1.165, 1.54) is 0 Å². The number of benzene rings is 1. The quantitative estimate of drug-likeness (QED) is 0.854. The number of carbonyl (C=O) groups excluding carboxylic acids is 1. The molecule has 1 saturated heterocycles. The van der Waals surface area contributed by atoms with Gasteiger partial charge in [0.25, 0.3) is 0 Å². The highest BCUT2D eigenvalue weighted by Crippen LogP contribution is 2.30. The third kappa shape index (κ3) is 2.28. The van der Waals surface area contributed by atoms with E-state index < -0.39 is 0 Å². The van der Waals surface area contributed by atoms with Crippen molar-refractivity contribution in [2.24, 2.45) is 0 Å². The van der Waals surface area contributed by atoms with Crippen LogP contribution in [0.3, 0.4) is 0 Å². The molecule has 1 fully saturated rings. The zero-order valence-electron chi connectivity index (χ0n) is 8.83. The summed E-state index contributed by atoms with van der Waals surface area (Å²) in [7, 11) is 1.59. The van der Waals surface area contributed by atoms with Gasteiger partial charge in [0.05, 0.1) is 7.11 Å². The van der Waals surface area contributed by atoms with Crippen molar-refractivity contribution in [3.8, 4) is 5.75 Å². The van der Waals surface area contributed by atoms with E-state index >= 15 is 0 Å². The fourth-order valence-corrected chi connectivity index (χ4v) is 1.83. The van der Waals surface area contributed by atoms with Crippen LogP contribution >= 0.6 is 11.6 Å². The molecule has 5 heteroatoms. The number of hydrogen-bond acceptors (Lipinski definition) is 3. The zero-order chi connectivity index (χ0) is 11.5. The van der Waals surface area contributed by atoms with E-state index in [4.69, 9.17) is 21.1 Å². The van der Waals surface area contributed by atoms with Gasteiger partial charge in [-0.25, -0.2) is 0 Å². The molecular weight excluding hydrogens is 230 g/mol. The highest BCUT2D eigenvalue weighted by molar-refractivity contribution is 6.30. The lowest BCUT2D eigenvalue weighted by Crippen LogP contribution is -2.38. The minimum atomic E-state index is -0.202. The highest BCUT2D eigenvalue weighted by Gasteiger charge is 2.23. The number of rotatable bonds is 2. The van der Waals surface area contributed by atoms with Gasteiger partial charge in [-0.2, -0.15) is 0 Å². The van der Waals surface area contributed by atoms with E-state index in [0.29, 0.717) is 17.3 Å². The predicted octanol–water partition coefficient (Wildman–Crippen LogP) is 1.54. The van der Waals surface area contributed by atoms with E-state index in [0.717, 1.165) is 5.56 Å². The first-order chi connectivity index (χ1) is 7.70. The molecule has 0 spiro atoms. The number of morpholine rings is 1. The number of ether oxygens (including phenoxy) is 2. The van der Waals surface area contributed by atoms with E-state index in [1.54, 1.807) is 25.3 Å². The Morgan fingerprint density at radius 3 is 3.00 bits per heavy atom. The first-order valence-corrected chi connectivity index (χ1v) is 5.30. The summed E-state index contributed by atoms with van der Waals surface area (Å²) >= 11 is 5.92. The van der Waals surface area contributed by atoms with Crippen molar-refractivity contribution in [1.82, 2.24) is 5.32 Å². The van der Waals surface area contributed by atoms with Crippen molar-refractivity contribution in [2.45, 2.75) is 6.10 Å². The van der Waals surface area contributed by atoms with Crippen LogP contribution in [-0.2, 0) is 9.53 Å². The highest BCUT2D eigenvalue weighted by atomic mass is 35.5. The minimum absolute atomic E-state index is 0.0698. The maximum absolute atomic E-state index is 11.0. The molecule has 1 aromatic rings. The number of carbonyl (C=O) groups is 1. The van der Waals surface area contributed by atoms with Gasteiger partial charge < -0.3 is 14.8 Å². The second-order valence-corrected chi connectivity index (χ2v) is 3.93. The number of amides is 1. The largest absolute Gasteiger partial charge is 0.496 e. The van der Waals surface area contributed by atoms with Gasteiger partial charge in [0.2, 0.25) is 5.91 Å². The summed E-state index contributed by atoms with van der Waals surface area (Å²) in [6, 6.07) is 5.34. The van der Waals surface area contributed by atoms with Crippen molar-refractivity contribution in [3.05, 3.63) is 28.8 Å². The average molecular weight is 242 g/mol. The Morgan fingerprint density at radius 1 is 1.56 bits per heavy atom. The Labute approximate surface area is 98.5 Å². The van der Waals surface area contributed by atoms with Gasteiger partial charge >= 0.3 is 0 Å². The normalized spacial score (nSPS) is 20.4. The van der Waals surface area contributed by atoms with Crippen molar-refractivity contribution < 1.29 is 14.3 Å². The van der Waals surface area contributed by atoms with Crippen LogP contribution in [0.4, 0.5) is 0 Å². The molecule has 1 aliphatic heterocycles. The second-order valence-electron chi connectivity index (χ2n) is 3.49. The van der Waals surface area contributed by atoms with E-state index in [1.807, 2.05) is 0 Å². The third-order valence-electron chi connectivity index (χ3n) is 2.44. The SMILES string of the molecule is COc1ccc(Cl)cc1[C@@H]1CNC(=O)CO1. The Bertz CT molecular complexity index is 398. The molecule has 0 saturated carbocycles.